The van der Waals surface area contributed by atoms with Crippen LogP contribution in [-0.2, 0) is 21.3 Å². The van der Waals surface area contributed by atoms with Crippen molar-refractivity contribution in [2.75, 3.05) is 0 Å². The number of hydrogen-bond donors (Lipinski definition) is 1. The zero-order valence-corrected chi connectivity index (χ0v) is 14.6. The monoisotopic (exact) mass is 328 g/mol. The molecule has 1 aliphatic rings. The molecule has 21 heavy (non-hydrogen) atoms. The van der Waals surface area contributed by atoms with E-state index < -0.39 is 16.0 Å². The lowest BCUT2D eigenvalue weighted by atomic mass is 10.2. The molecule has 1 aliphatic carbocycles. The first-order valence-electron chi connectivity index (χ1n) is 7.59. The molecule has 1 fully saturated rings. The molecule has 1 saturated carbocycles. The molecule has 1 amide bonds. The SMILES string of the molecule is CC(C)c1nc(C[S@](=O)[C@H](C)C(=O)NC2CCCC2)cs1. The fourth-order valence-corrected chi connectivity index (χ4v) is 4.37. The Labute approximate surface area is 133 Å². The van der Waals surface area contributed by atoms with Crippen molar-refractivity contribution in [1.29, 1.82) is 0 Å². The fourth-order valence-electron chi connectivity index (χ4n) is 2.43. The van der Waals surface area contributed by atoms with Crippen molar-refractivity contribution in [1.82, 2.24) is 10.3 Å². The normalized spacial score (nSPS) is 18.9. The fraction of sp³-hybridized carbons (Fsp3) is 0.733. The number of hydrogen-bond acceptors (Lipinski definition) is 4. The minimum Gasteiger partial charge on any atom is -0.352 e. The van der Waals surface area contributed by atoms with E-state index in [0.29, 0.717) is 11.7 Å². The highest BCUT2D eigenvalue weighted by Gasteiger charge is 2.25. The van der Waals surface area contributed by atoms with Gasteiger partial charge in [0.1, 0.15) is 5.25 Å². The summed E-state index contributed by atoms with van der Waals surface area (Å²) in [5, 5.41) is 5.56. The van der Waals surface area contributed by atoms with Crippen molar-refractivity contribution < 1.29 is 9.00 Å². The maximum atomic E-state index is 12.3. The standard InChI is InChI=1S/C15H24N2O2S2/c1-10(2)15-17-13(8-20-15)9-21(19)11(3)14(18)16-12-6-4-5-7-12/h8,10-12H,4-7,9H2,1-3H3,(H,16,18)/t11-,21+/m1/s1. The Balaban J connectivity index is 1.87. The van der Waals surface area contributed by atoms with E-state index in [1.54, 1.807) is 18.3 Å². The molecular formula is C15H24N2O2S2. The molecule has 1 aromatic rings. The van der Waals surface area contributed by atoms with Crippen LogP contribution >= 0.6 is 11.3 Å². The van der Waals surface area contributed by atoms with Crippen LogP contribution in [0.25, 0.3) is 0 Å². The average Bonchev–Trinajstić information content (AvgIpc) is 3.09. The van der Waals surface area contributed by atoms with Crippen molar-refractivity contribution in [2.24, 2.45) is 0 Å². The van der Waals surface area contributed by atoms with Gasteiger partial charge < -0.3 is 5.32 Å². The Morgan fingerprint density at radius 1 is 1.43 bits per heavy atom. The van der Waals surface area contributed by atoms with Gasteiger partial charge in [-0.25, -0.2) is 4.98 Å². The third kappa shape index (κ3) is 4.61. The van der Waals surface area contributed by atoms with Crippen molar-refractivity contribution in [3.8, 4) is 0 Å². The largest absolute Gasteiger partial charge is 0.352 e. The molecule has 1 heterocycles. The minimum absolute atomic E-state index is 0.0838. The van der Waals surface area contributed by atoms with Gasteiger partial charge in [-0.15, -0.1) is 11.3 Å². The van der Waals surface area contributed by atoms with Crippen molar-refractivity contribution in [2.45, 2.75) is 69.4 Å². The quantitative estimate of drug-likeness (QED) is 0.873. The molecule has 0 unspecified atom stereocenters. The van der Waals surface area contributed by atoms with Gasteiger partial charge >= 0.3 is 0 Å². The number of nitrogens with one attached hydrogen (secondary N) is 1. The van der Waals surface area contributed by atoms with Crippen molar-refractivity contribution in [3.63, 3.8) is 0 Å². The Hall–Kier alpha value is -0.750. The smallest absolute Gasteiger partial charge is 0.235 e. The van der Waals surface area contributed by atoms with Crippen molar-refractivity contribution in [3.05, 3.63) is 16.1 Å². The van der Waals surface area contributed by atoms with E-state index in [-0.39, 0.29) is 11.9 Å². The zero-order chi connectivity index (χ0) is 15.4. The van der Waals surface area contributed by atoms with Crippen LogP contribution in [0, 0.1) is 0 Å². The Bertz CT molecular complexity index is 508. The predicted molar refractivity (Wildman–Crippen MR) is 87.9 cm³/mol. The van der Waals surface area contributed by atoms with Crippen LogP contribution in [0.5, 0.6) is 0 Å². The number of amides is 1. The van der Waals surface area contributed by atoms with E-state index in [0.717, 1.165) is 23.5 Å². The van der Waals surface area contributed by atoms with E-state index in [1.807, 2.05) is 5.38 Å². The third-order valence-electron chi connectivity index (χ3n) is 3.82. The molecule has 2 rings (SSSR count). The Morgan fingerprint density at radius 2 is 2.10 bits per heavy atom. The zero-order valence-electron chi connectivity index (χ0n) is 12.9. The molecule has 0 saturated heterocycles. The second-order valence-corrected chi connectivity index (χ2v) is 8.64. The van der Waals surface area contributed by atoms with E-state index in [9.17, 15) is 9.00 Å². The number of carbonyl (C=O) groups is 1. The Morgan fingerprint density at radius 3 is 2.67 bits per heavy atom. The second-order valence-electron chi connectivity index (χ2n) is 5.99. The molecule has 118 valence electrons. The summed E-state index contributed by atoms with van der Waals surface area (Å²) in [6, 6.07) is 0.281. The van der Waals surface area contributed by atoms with E-state index >= 15 is 0 Å². The third-order valence-corrected chi connectivity index (χ3v) is 6.60. The number of nitrogens with zero attached hydrogens (tertiary/aromatic N) is 1. The van der Waals surface area contributed by atoms with Crippen LogP contribution in [0.2, 0.25) is 0 Å². The van der Waals surface area contributed by atoms with E-state index in [2.05, 4.69) is 24.1 Å². The molecule has 0 aromatic carbocycles. The highest BCUT2D eigenvalue weighted by atomic mass is 32.2. The van der Waals surface area contributed by atoms with Crippen molar-refractivity contribution >= 4 is 28.0 Å². The maximum Gasteiger partial charge on any atom is 0.235 e. The summed E-state index contributed by atoms with van der Waals surface area (Å²) in [5.74, 6) is 0.669. The summed E-state index contributed by atoms with van der Waals surface area (Å²) in [7, 11) is -1.21. The van der Waals surface area contributed by atoms with Gasteiger partial charge in [0.2, 0.25) is 5.91 Å². The summed E-state index contributed by atoms with van der Waals surface area (Å²) in [6.07, 6.45) is 4.46. The lowest BCUT2D eigenvalue weighted by Crippen LogP contribution is -2.40. The van der Waals surface area contributed by atoms with E-state index in [1.165, 1.54) is 12.8 Å². The molecule has 2 atom stereocenters. The van der Waals surface area contributed by atoms with Gasteiger partial charge in [-0.2, -0.15) is 0 Å². The van der Waals surface area contributed by atoms with Crippen LogP contribution < -0.4 is 5.32 Å². The first-order chi connectivity index (χ1) is 9.97. The highest BCUT2D eigenvalue weighted by molar-refractivity contribution is 7.85. The molecule has 0 aliphatic heterocycles. The molecular weight excluding hydrogens is 304 g/mol. The minimum atomic E-state index is -1.21. The van der Waals surface area contributed by atoms with Gasteiger partial charge in [-0.05, 0) is 19.8 Å². The topological polar surface area (TPSA) is 59.1 Å². The maximum absolute atomic E-state index is 12.3. The van der Waals surface area contributed by atoms with Gasteiger partial charge in [0.15, 0.2) is 0 Å². The summed E-state index contributed by atoms with van der Waals surface area (Å²) < 4.78 is 12.3. The first kappa shape index (κ1) is 16.6. The van der Waals surface area contributed by atoms with Crippen LogP contribution in [0.15, 0.2) is 5.38 Å². The Kier molecular flexibility index (Phi) is 5.93. The van der Waals surface area contributed by atoms with Gasteiger partial charge in [-0.1, -0.05) is 26.7 Å². The molecule has 0 bridgehead atoms. The molecule has 1 N–H and O–H groups in total. The van der Waals surface area contributed by atoms with Gasteiger partial charge in [-0.3, -0.25) is 9.00 Å². The number of aromatic nitrogens is 1. The number of rotatable bonds is 6. The van der Waals surface area contributed by atoms with Crippen LogP contribution in [0.3, 0.4) is 0 Å². The summed E-state index contributed by atoms with van der Waals surface area (Å²) in [5.41, 5.74) is 0.836. The van der Waals surface area contributed by atoms with Crippen LogP contribution in [-0.4, -0.2) is 26.4 Å². The molecule has 1 aromatic heterocycles. The van der Waals surface area contributed by atoms with E-state index in [4.69, 9.17) is 0 Å². The lowest BCUT2D eigenvalue weighted by molar-refractivity contribution is -0.121. The average molecular weight is 329 g/mol. The molecule has 6 heteroatoms. The first-order valence-corrected chi connectivity index (χ1v) is 9.85. The van der Waals surface area contributed by atoms with Gasteiger partial charge in [0.25, 0.3) is 0 Å². The summed E-state index contributed by atoms with van der Waals surface area (Å²) >= 11 is 1.60. The van der Waals surface area contributed by atoms with Gasteiger partial charge in [0, 0.05) is 28.1 Å². The number of carbonyl (C=O) groups excluding carboxylic acids is 1. The van der Waals surface area contributed by atoms with Gasteiger partial charge in [0.05, 0.1) is 16.5 Å². The molecule has 0 spiro atoms. The number of thiazole rings is 1. The molecule has 4 nitrogen and oxygen atoms in total. The summed E-state index contributed by atoms with van der Waals surface area (Å²) in [6.45, 7) is 5.94. The lowest BCUT2D eigenvalue weighted by Gasteiger charge is -2.16. The second kappa shape index (κ2) is 7.49. The van der Waals surface area contributed by atoms with Crippen LogP contribution in [0.1, 0.15) is 63.1 Å². The molecule has 0 radical (unpaired) electrons. The predicted octanol–water partition coefficient (Wildman–Crippen LogP) is 2.96. The van der Waals surface area contributed by atoms with Crippen LogP contribution in [0.4, 0.5) is 0 Å². The summed E-state index contributed by atoms with van der Waals surface area (Å²) in [4.78, 5) is 16.6. The highest BCUT2D eigenvalue weighted by Crippen LogP contribution is 2.21.